The van der Waals surface area contributed by atoms with Gasteiger partial charge in [0.2, 0.25) is 5.91 Å². The lowest BCUT2D eigenvalue weighted by molar-refractivity contribution is -0.151. The number of amides is 1. The van der Waals surface area contributed by atoms with Gasteiger partial charge in [-0.15, -0.1) is 0 Å². The summed E-state index contributed by atoms with van der Waals surface area (Å²) in [6.07, 6.45) is 56.0. The van der Waals surface area contributed by atoms with Crippen LogP contribution in [0.4, 0.5) is 0 Å². The van der Waals surface area contributed by atoms with Crippen molar-refractivity contribution in [2.24, 2.45) is 0 Å². The topological polar surface area (TPSA) is 95.9 Å². The molecule has 0 heterocycles. The van der Waals surface area contributed by atoms with Crippen LogP contribution in [-0.4, -0.2) is 46.9 Å². The van der Waals surface area contributed by atoms with Crippen molar-refractivity contribution in [2.45, 2.75) is 270 Å². The van der Waals surface area contributed by atoms with E-state index in [9.17, 15) is 19.8 Å². The molecule has 0 radical (unpaired) electrons. The van der Waals surface area contributed by atoms with Crippen LogP contribution < -0.4 is 5.32 Å². The highest BCUT2D eigenvalue weighted by Gasteiger charge is 2.24. The van der Waals surface area contributed by atoms with E-state index in [0.717, 1.165) is 70.6 Å². The number of ether oxygens (including phenoxy) is 1. The molecule has 0 spiro atoms. The van der Waals surface area contributed by atoms with Gasteiger partial charge in [-0.25, -0.2) is 0 Å². The average Bonchev–Trinajstić information content (AvgIpc) is 3.23. The molecular weight excluding hydrogens is 731 g/mol. The van der Waals surface area contributed by atoms with Crippen LogP contribution in [0.2, 0.25) is 0 Å². The van der Waals surface area contributed by atoms with Crippen molar-refractivity contribution < 1.29 is 24.5 Å². The molecule has 0 saturated carbocycles. The van der Waals surface area contributed by atoms with E-state index in [1.165, 1.54) is 135 Å². The second-order valence-corrected chi connectivity index (χ2v) is 17.3. The van der Waals surface area contributed by atoms with Gasteiger partial charge in [0.05, 0.1) is 25.2 Å². The summed E-state index contributed by atoms with van der Waals surface area (Å²) in [5.41, 5.74) is 0. The maximum atomic E-state index is 13.2. The summed E-state index contributed by atoms with van der Waals surface area (Å²) in [5.74, 6) is -0.507. The van der Waals surface area contributed by atoms with E-state index in [0.29, 0.717) is 19.3 Å². The first kappa shape index (κ1) is 56.8. The summed E-state index contributed by atoms with van der Waals surface area (Å²) < 4.78 is 5.91. The number of hydrogen-bond donors (Lipinski definition) is 3. The van der Waals surface area contributed by atoms with Gasteiger partial charge in [-0.1, -0.05) is 243 Å². The van der Waals surface area contributed by atoms with Crippen LogP contribution in [0.1, 0.15) is 252 Å². The zero-order valence-electron chi connectivity index (χ0n) is 39.1. The number of hydrogen-bond acceptors (Lipinski definition) is 5. The zero-order chi connectivity index (χ0) is 43.1. The minimum Gasteiger partial charge on any atom is -0.462 e. The molecule has 344 valence electrons. The highest BCUT2D eigenvalue weighted by atomic mass is 16.5. The third-order valence-electron chi connectivity index (χ3n) is 11.5. The number of carbonyl (C=O) groups is 2. The Balaban J connectivity index is 4.59. The van der Waals surface area contributed by atoms with Crippen LogP contribution >= 0.6 is 0 Å². The van der Waals surface area contributed by atoms with Crippen LogP contribution in [0.25, 0.3) is 0 Å². The predicted octanol–water partition coefficient (Wildman–Crippen LogP) is 15.1. The van der Waals surface area contributed by atoms with Gasteiger partial charge >= 0.3 is 5.97 Å². The lowest BCUT2D eigenvalue weighted by Crippen LogP contribution is -2.46. The van der Waals surface area contributed by atoms with E-state index >= 15 is 0 Å². The van der Waals surface area contributed by atoms with E-state index in [2.05, 4.69) is 50.4 Å². The van der Waals surface area contributed by atoms with Crippen molar-refractivity contribution in [1.29, 1.82) is 0 Å². The van der Waals surface area contributed by atoms with Crippen LogP contribution in [0.3, 0.4) is 0 Å². The zero-order valence-corrected chi connectivity index (χ0v) is 39.1. The molecule has 0 bridgehead atoms. The monoisotopic (exact) mass is 828 g/mol. The Morgan fingerprint density at radius 2 is 0.915 bits per heavy atom. The molecule has 0 aromatic carbocycles. The van der Waals surface area contributed by atoms with E-state index in [1.54, 1.807) is 0 Å². The van der Waals surface area contributed by atoms with Gasteiger partial charge in [-0.05, 0) is 44.9 Å². The number of rotatable bonds is 45. The molecule has 0 aliphatic rings. The van der Waals surface area contributed by atoms with Crippen molar-refractivity contribution in [3.8, 4) is 0 Å². The summed E-state index contributed by atoms with van der Waals surface area (Å²) in [6, 6.07) is -0.712. The number of esters is 1. The first-order valence-corrected chi connectivity index (χ1v) is 25.4. The van der Waals surface area contributed by atoms with E-state index in [-0.39, 0.29) is 24.9 Å². The minimum atomic E-state index is -0.797. The van der Waals surface area contributed by atoms with E-state index < -0.39 is 18.2 Å². The van der Waals surface area contributed by atoms with Crippen LogP contribution in [-0.2, 0) is 14.3 Å². The maximum Gasteiger partial charge on any atom is 0.306 e. The summed E-state index contributed by atoms with van der Waals surface area (Å²) in [4.78, 5) is 26.1. The van der Waals surface area contributed by atoms with Crippen LogP contribution in [0.15, 0.2) is 48.6 Å². The van der Waals surface area contributed by atoms with Crippen molar-refractivity contribution >= 4 is 11.9 Å². The van der Waals surface area contributed by atoms with E-state index in [1.807, 2.05) is 24.3 Å². The number of nitrogens with one attached hydrogen (secondary N) is 1. The second kappa shape index (κ2) is 46.9. The fraction of sp³-hybridized carbons (Fsp3) is 0.811. The first-order valence-electron chi connectivity index (χ1n) is 25.4. The minimum absolute atomic E-state index is 0.0536. The Morgan fingerprint density at radius 1 is 0.508 bits per heavy atom. The fourth-order valence-electron chi connectivity index (χ4n) is 7.68. The number of carbonyl (C=O) groups excluding carboxylic acids is 2. The van der Waals surface area contributed by atoms with Crippen molar-refractivity contribution in [3.63, 3.8) is 0 Å². The third kappa shape index (κ3) is 42.3. The van der Waals surface area contributed by atoms with Gasteiger partial charge in [0.15, 0.2) is 0 Å². The molecule has 0 aliphatic heterocycles. The molecule has 6 heteroatoms. The Labute approximate surface area is 366 Å². The first-order chi connectivity index (χ1) is 29.0. The number of aliphatic hydroxyl groups is 2. The lowest BCUT2D eigenvalue weighted by atomic mass is 10.0. The highest BCUT2D eigenvalue weighted by molar-refractivity contribution is 5.77. The molecule has 0 saturated heterocycles. The Kier molecular flexibility index (Phi) is 45.1. The smallest absolute Gasteiger partial charge is 0.306 e. The SMILES string of the molecule is CC/C=C/C=C/C=C/C=C\CCCCCC(CC(=O)NC(CO)C(O)CCCCCCCCCCCCCCCCC)OC(=O)CCCCCCCCCCCCCC. The summed E-state index contributed by atoms with van der Waals surface area (Å²) in [6.45, 7) is 6.34. The predicted molar refractivity (Wildman–Crippen MR) is 255 cm³/mol. The Hall–Kier alpha value is -2.18. The number of aliphatic hydroxyl groups excluding tert-OH is 2. The lowest BCUT2D eigenvalue weighted by Gasteiger charge is -2.24. The fourth-order valence-corrected chi connectivity index (χ4v) is 7.68. The van der Waals surface area contributed by atoms with Gasteiger partial charge in [0.1, 0.15) is 6.10 Å². The Bertz CT molecular complexity index is 1020. The highest BCUT2D eigenvalue weighted by Crippen LogP contribution is 2.18. The number of allylic oxidation sites excluding steroid dienone is 8. The molecule has 0 aromatic rings. The standard InChI is InChI=1S/C53H97NO5/c1-4-7-10-13-16-19-22-25-26-28-30-33-36-39-42-45-51(56)50(48-55)54-52(57)47-49(44-41-38-35-32-29-27-23-20-17-14-11-8-5-2)59-53(58)46-43-40-37-34-31-24-21-18-15-12-9-6-3/h8,11,14,17,20,23,27,29,49-51,55-56H,4-7,9-10,12-13,15-16,18-19,21-22,24-26,28,30-48H2,1-3H3,(H,54,57)/b11-8+,17-14+,23-20+,29-27-. The maximum absolute atomic E-state index is 13.2. The average molecular weight is 828 g/mol. The summed E-state index contributed by atoms with van der Waals surface area (Å²) >= 11 is 0. The van der Waals surface area contributed by atoms with Gasteiger partial charge in [-0.3, -0.25) is 9.59 Å². The van der Waals surface area contributed by atoms with Crippen molar-refractivity contribution in [2.75, 3.05) is 6.61 Å². The van der Waals surface area contributed by atoms with Crippen LogP contribution in [0.5, 0.6) is 0 Å². The molecule has 3 unspecified atom stereocenters. The van der Waals surface area contributed by atoms with Crippen molar-refractivity contribution in [1.82, 2.24) is 5.32 Å². The molecule has 3 atom stereocenters. The molecule has 1 amide bonds. The normalized spacial score (nSPS) is 13.6. The molecule has 59 heavy (non-hydrogen) atoms. The van der Waals surface area contributed by atoms with Gasteiger partial charge in [0, 0.05) is 6.42 Å². The largest absolute Gasteiger partial charge is 0.462 e. The molecule has 0 aromatic heterocycles. The number of unbranched alkanes of at least 4 members (excludes halogenated alkanes) is 28. The van der Waals surface area contributed by atoms with Crippen molar-refractivity contribution in [3.05, 3.63) is 48.6 Å². The van der Waals surface area contributed by atoms with E-state index in [4.69, 9.17) is 4.74 Å². The quantitative estimate of drug-likeness (QED) is 0.0323. The summed E-state index contributed by atoms with van der Waals surface area (Å²) in [7, 11) is 0. The molecule has 0 rings (SSSR count). The van der Waals surface area contributed by atoms with Gasteiger partial charge in [-0.2, -0.15) is 0 Å². The van der Waals surface area contributed by atoms with Crippen LogP contribution in [0, 0.1) is 0 Å². The molecular formula is C53H97NO5. The second-order valence-electron chi connectivity index (χ2n) is 17.3. The Morgan fingerprint density at radius 3 is 1.39 bits per heavy atom. The molecule has 3 N–H and O–H groups in total. The summed E-state index contributed by atoms with van der Waals surface area (Å²) in [5, 5.41) is 23.8. The van der Waals surface area contributed by atoms with Gasteiger partial charge in [0.25, 0.3) is 0 Å². The van der Waals surface area contributed by atoms with Gasteiger partial charge < -0.3 is 20.3 Å². The third-order valence-corrected chi connectivity index (χ3v) is 11.5. The molecule has 0 aliphatic carbocycles. The molecule has 0 fully saturated rings. The molecule has 6 nitrogen and oxygen atoms in total.